The lowest BCUT2D eigenvalue weighted by Gasteiger charge is -2.13. The molecule has 0 spiro atoms. The maximum Gasteiger partial charge on any atom is 0.273 e. The fourth-order valence-electron chi connectivity index (χ4n) is 2.88. The molecule has 0 radical (unpaired) electrons. The van der Waals surface area contributed by atoms with Crippen LogP contribution in [-0.2, 0) is 16.1 Å². The predicted octanol–water partition coefficient (Wildman–Crippen LogP) is 4.87. The second-order valence-electron chi connectivity index (χ2n) is 6.59. The molecule has 3 aromatic carbocycles. The van der Waals surface area contributed by atoms with Gasteiger partial charge in [-0.25, -0.2) is 5.43 Å². The molecule has 1 unspecified atom stereocenters. The molecule has 1 N–H and O–H groups in total. The zero-order valence-corrected chi connectivity index (χ0v) is 18.8. The van der Waals surface area contributed by atoms with Crippen LogP contribution in [0.2, 0.25) is 0 Å². The van der Waals surface area contributed by atoms with E-state index in [-0.39, 0.29) is 5.91 Å². The molecule has 3 rings (SSSR count). The molecule has 1 amide bonds. The first-order valence-corrected chi connectivity index (χ1v) is 10.4. The third kappa shape index (κ3) is 6.41. The number of hydrogen-bond acceptors (Lipinski definition) is 5. The molecule has 31 heavy (non-hydrogen) atoms. The number of rotatable bonds is 9. The van der Waals surface area contributed by atoms with E-state index in [4.69, 9.17) is 14.2 Å². The summed E-state index contributed by atoms with van der Waals surface area (Å²) in [5.41, 5.74) is 5.07. The highest BCUT2D eigenvalue weighted by molar-refractivity contribution is 9.10. The fraction of sp³-hybridized carbons (Fsp3) is 0.167. The average Bonchev–Trinajstić information content (AvgIpc) is 2.80. The smallest absolute Gasteiger partial charge is 0.273 e. The molecule has 160 valence electrons. The number of nitrogens with one attached hydrogen (secondary N) is 1. The molecule has 0 bridgehead atoms. The summed E-state index contributed by atoms with van der Waals surface area (Å²) in [6, 6.07) is 22.6. The van der Waals surface area contributed by atoms with Gasteiger partial charge in [0.1, 0.15) is 6.61 Å². The van der Waals surface area contributed by atoms with Gasteiger partial charge in [0, 0.05) is 11.6 Å². The quantitative estimate of drug-likeness (QED) is 0.348. The van der Waals surface area contributed by atoms with Crippen molar-refractivity contribution < 1.29 is 19.0 Å². The molecule has 0 aliphatic rings. The Kier molecular flexibility index (Phi) is 8.20. The molecule has 0 heterocycles. The van der Waals surface area contributed by atoms with Crippen molar-refractivity contribution in [3.63, 3.8) is 0 Å². The number of nitrogens with zero attached hydrogens (tertiary/aromatic N) is 1. The highest BCUT2D eigenvalue weighted by Gasteiger charge is 2.19. The first kappa shape index (κ1) is 22.5. The summed E-state index contributed by atoms with van der Waals surface area (Å²) in [5, 5.41) is 4.04. The molecular weight excluding hydrogens is 460 g/mol. The van der Waals surface area contributed by atoms with Gasteiger partial charge in [0.2, 0.25) is 0 Å². The minimum absolute atomic E-state index is 0.355. The number of methoxy groups -OCH3 is 2. The molecule has 0 aliphatic heterocycles. The van der Waals surface area contributed by atoms with Crippen molar-refractivity contribution in [3.8, 4) is 11.5 Å². The number of ether oxygens (including phenoxy) is 3. The van der Waals surface area contributed by atoms with Crippen LogP contribution in [0.5, 0.6) is 11.5 Å². The summed E-state index contributed by atoms with van der Waals surface area (Å²) in [6.45, 7) is 0.422. The average molecular weight is 483 g/mol. The largest absolute Gasteiger partial charge is 0.493 e. The molecule has 3 aromatic rings. The maximum atomic E-state index is 12.4. The van der Waals surface area contributed by atoms with Crippen LogP contribution in [0.1, 0.15) is 22.8 Å². The molecule has 7 heteroatoms. The normalized spacial score (nSPS) is 11.8. The predicted molar refractivity (Wildman–Crippen MR) is 123 cm³/mol. The standard InChI is InChI=1S/C24H23BrN2O4/c1-29-22-14-18(10-13-21(22)31-16-17-8-11-20(25)12-9-17)15-26-27-24(28)23(30-2)19-6-4-3-5-7-19/h3-15,23H,16H2,1-2H3,(H,27,28)/b26-15+. The fourth-order valence-corrected chi connectivity index (χ4v) is 3.14. The van der Waals surface area contributed by atoms with E-state index in [1.165, 1.54) is 13.3 Å². The van der Waals surface area contributed by atoms with Gasteiger partial charge in [-0.2, -0.15) is 5.10 Å². The lowest BCUT2D eigenvalue weighted by molar-refractivity contribution is -0.131. The summed E-state index contributed by atoms with van der Waals surface area (Å²) >= 11 is 3.42. The minimum Gasteiger partial charge on any atom is -0.493 e. The Bertz CT molecular complexity index is 1020. The molecule has 0 saturated carbocycles. The molecule has 0 saturated heterocycles. The van der Waals surface area contributed by atoms with E-state index in [0.717, 1.165) is 21.2 Å². The number of hydrogen-bond donors (Lipinski definition) is 1. The van der Waals surface area contributed by atoms with Crippen molar-refractivity contribution in [2.45, 2.75) is 12.7 Å². The van der Waals surface area contributed by atoms with Crippen molar-refractivity contribution in [1.29, 1.82) is 0 Å². The molecule has 0 aliphatic carbocycles. The van der Waals surface area contributed by atoms with E-state index in [1.54, 1.807) is 13.2 Å². The Hall–Kier alpha value is -3.16. The maximum absolute atomic E-state index is 12.4. The topological polar surface area (TPSA) is 69.2 Å². The van der Waals surface area contributed by atoms with Crippen molar-refractivity contribution >= 4 is 28.1 Å². The SMILES string of the molecule is COc1cc(/C=N/NC(=O)C(OC)c2ccccc2)ccc1OCc1ccc(Br)cc1. The van der Waals surface area contributed by atoms with Crippen LogP contribution in [0.15, 0.2) is 82.4 Å². The lowest BCUT2D eigenvalue weighted by atomic mass is 10.1. The zero-order valence-electron chi connectivity index (χ0n) is 17.2. The van der Waals surface area contributed by atoms with Gasteiger partial charge >= 0.3 is 0 Å². The number of amides is 1. The highest BCUT2D eigenvalue weighted by Crippen LogP contribution is 2.28. The third-order valence-corrected chi connectivity index (χ3v) is 4.99. The molecule has 0 aromatic heterocycles. The van der Waals surface area contributed by atoms with Gasteiger partial charge in [-0.3, -0.25) is 4.79 Å². The Labute approximate surface area is 190 Å². The number of carbonyl (C=O) groups excluding carboxylic acids is 1. The van der Waals surface area contributed by atoms with E-state index in [0.29, 0.717) is 18.1 Å². The van der Waals surface area contributed by atoms with E-state index in [1.807, 2.05) is 66.7 Å². The van der Waals surface area contributed by atoms with Gasteiger partial charge < -0.3 is 14.2 Å². The highest BCUT2D eigenvalue weighted by atomic mass is 79.9. The van der Waals surface area contributed by atoms with Gasteiger partial charge in [-0.15, -0.1) is 0 Å². The van der Waals surface area contributed by atoms with Crippen molar-refractivity contribution in [2.24, 2.45) is 5.10 Å². The summed E-state index contributed by atoms with van der Waals surface area (Å²) in [5.74, 6) is 0.841. The first-order chi connectivity index (χ1) is 15.1. The van der Waals surface area contributed by atoms with Crippen molar-refractivity contribution in [3.05, 3.63) is 94.0 Å². The van der Waals surface area contributed by atoms with E-state index in [2.05, 4.69) is 26.5 Å². The Balaban J connectivity index is 1.61. The lowest BCUT2D eigenvalue weighted by Crippen LogP contribution is -2.26. The van der Waals surface area contributed by atoms with Crippen LogP contribution in [0.4, 0.5) is 0 Å². The molecule has 6 nitrogen and oxygen atoms in total. The van der Waals surface area contributed by atoms with Crippen molar-refractivity contribution in [2.75, 3.05) is 14.2 Å². The van der Waals surface area contributed by atoms with Crippen LogP contribution in [0.3, 0.4) is 0 Å². The number of benzene rings is 3. The van der Waals surface area contributed by atoms with Gasteiger partial charge in [0.25, 0.3) is 5.91 Å². The monoisotopic (exact) mass is 482 g/mol. The molecular formula is C24H23BrN2O4. The van der Waals surface area contributed by atoms with E-state index < -0.39 is 6.10 Å². The summed E-state index contributed by atoms with van der Waals surface area (Å²) in [7, 11) is 3.06. The van der Waals surface area contributed by atoms with E-state index in [9.17, 15) is 4.79 Å². The molecule has 0 fully saturated rings. The zero-order chi connectivity index (χ0) is 22.1. The number of hydrazone groups is 1. The van der Waals surface area contributed by atoms with Crippen molar-refractivity contribution in [1.82, 2.24) is 5.43 Å². The van der Waals surface area contributed by atoms with Gasteiger partial charge in [-0.1, -0.05) is 58.4 Å². The Morgan fingerprint density at radius 3 is 2.45 bits per heavy atom. The van der Waals surface area contributed by atoms with Gasteiger partial charge in [-0.05, 0) is 47.0 Å². The minimum atomic E-state index is -0.734. The molecule has 1 atom stereocenters. The van der Waals surface area contributed by atoms with Gasteiger partial charge in [0.15, 0.2) is 17.6 Å². The van der Waals surface area contributed by atoms with E-state index >= 15 is 0 Å². The Morgan fingerprint density at radius 1 is 1.03 bits per heavy atom. The van der Waals surface area contributed by atoms with Crippen LogP contribution in [0.25, 0.3) is 0 Å². The second kappa shape index (κ2) is 11.3. The number of carbonyl (C=O) groups is 1. The Morgan fingerprint density at radius 2 is 1.77 bits per heavy atom. The second-order valence-corrected chi connectivity index (χ2v) is 7.50. The summed E-state index contributed by atoms with van der Waals surface area (Å²) in [4.78, 5) is 12.4. The van der Waals surface area contributed by atoms with Crippen LogP contribution in [0, 0.1) is 0 Å². The summed E-state index contributed by atoms with van der Waals surface area (Å²) < 4.78 is 17.6. The van der Waals surface area contributed by atoms with Crippen LogP contribution in [-0.4, -0.2) is 26.3 Å². The van der Waals surface area contributed by atoms with Crippen LogP contribution < -0.4 is 14.9 Å². The summed E-state index contributed by atoms with van der Waals surface area (Å²) in [6.07, 6.45) is 0.804. The van der Waals surface area contributed by atoms with Gasteiger partial charge in [0.05, 0.1) is 13.3 Å². The third-order valence-electron chi connectivity index (χ3n) is 4.46. The number of halogens is 1. The van der Waals surface area contributed by atoms with Crippen LogP contribution >= 0.6 is 15.9 Å². The first-order valence-electron chi connectivity index (χ1n) is 9.56.